The van der Waals surface area contributed by atoms with Gasteiger partial charge in [-0.05, 0) is 49.2 Å². The monoisotopic (exact) mass is 379 g/mol. The van der Waals surface area contributed by atoms with E-state index in [0.717, 1.165) is 29.1 Å². The van der Waals surface area contributed by atoms with Crippen LogP contribution in [0.5, 0.6) is 5.75 Å². The molecule has 0 radical (unpaired) electrons. The number of piperazine rings is 1. The zero-order chi connectivity index (χ0) is 19.7. The van der Waals surface area contributed by atoms with Crippen LogP contribution >= 0.6 is 0 Å². The second-order valence-corrected chi connectivity index (χ2v) is 7.33. The number of hydrogen-bond donors (Lipinski definition) is 0. The predicted molar refractivity (Wildman–Crippen MR) is 109 cm³/mol. The maximum absolute atomic E-state index is 12.9. The largest absolute Gasteiger partial charge is 0.497 e. The summed E-state index contributed by atoms with van der Waals surface area (Å²) in [5.41, 5.74) is 3.09. The van der Waals surface area contributed by atoms with E-state index in [0.29, 0.717) is 26.2 Å². The Morgan fingerprint density at radius 2 is 1.61 bits per heavy atom. The Labute approximate surface area is 165 Å². The van der Waals surface area contributed by atoms with Crippen molar-refractivity contribution in [1.29, 1.82) is 0 Å². The third-order valence-electron chi connectivity index (χ3n) is 5.61. The van der Waals surface area contributed by atoms with Gasteiger partial charge in [0.25, 0.3) is 0 Å². The van der Waals surface area contributed by atoms with Crippen LogP contribution in [0.2, 0.25) is 0 Å². The SMILES string of the molecule is COc1ccc(N2CCN(C(=O)C(=O)N3c4ccccc4CC3C)CC2)cc1. The highest BCUT2D eigenvalue weighted by molar-refractivity contribution is 6.40. The summed E-state index contributed by atoms with van der Waals surface area (Å²) < 4.78 is 5.20. The minimum absolute atomic E-state index is 0.00874. The van der Waals surface area contributed by atoms with E-state index in [1.54, 1.807) is 16.9 Å². The minimum atomic E-state index is -0.421. The van der Waals surface area contributed by atoms with Gasteiger partial charge in [0.05, 0.1) is 7.11 Å². The van der Waals surface area contributed by atoms with E-state index in [-0.39, 0.29) is 6.04 Å². The number of para-hydroxylation sites is 1. The molecule has 2 heterocycles. The van der Waals surface area contributed by atoms with Gasteiger partial charge in [0.1, 0.15) is 5.75 Å². The van der Waals surface area contributed by atoms with Crippen molar-refractivity contribution in [3.8, 4) is 5.75 Å². The van der Waals surface area contributed by atoms with E-state index in [1.807, 2.05) is 55.5 Å². The molecule has 0 aromatic heterocycles. The average molecular weight is 379 g/mol. The molecule has 2 aliphatic rings. The van der Waals surface area contributed by atoms with Crippen molar-refractivity contribution < 1.29 is 14.3 Å². The lowest BCUT2D eigenvalue weighted by atomic mass is 10.1. The highest BCUT2D eigenvalue weighted by atomic mass is 16.5. The maximum atomic E-state index is 12.9. The van der Waals surface area contributed by atoms with Crippen LogP contribution in [0.15, 0.2) is 48.5 Å². The Hall–Kier alpha value is -3.02. The van der Waals surface area contributed by atoms with Crippen LogP contribution in [0.3, 0.4) is 0 Å². The van der Waals surface area contributed by atoms with Crippen molar-refractivity contribution in [2.24, 2.45) is 0 Å². The molecule has 6 heteroatoms. The maximum Gasteiger partial charge on any atom is 0.316 e. The molecule has 0 bridgehead atoms. The molecule has 146 valence electrons. The van der Waals surface area contributed by atoms with Crippen molar-refractivity contribution in [2.45, 2.75) is 19.4 Å². The molecule has 0 N–H and O–H groups in total. The third-order valence-corrected chi connectivity index (χ3v) is 5.61. The van der Waals surface area contributed by atoms with Gasteiger partial charge in [0.2, 0.25) is 0 Å². The quantitative estimate of drug-likeness (QED) is 0.752. The molecule has 0 aliphatic carbocycles. The highest BCUT2D eigenvalue weighted by Gasteiger charge is 2.36. The number of rotatable bonds is 2. The lowest BCUT2D eigenvalue weighted by Crippen LogP contribution is -2.54. The van der Waals surface area contributed by atoms with Crippen LogP contribution in [0.25, 0.3) is 0 Å². The minimum Gasteiger partial charge on any atom is -0.497 e. The van der Waals surface area contributed by atoms with Crippen molar-refractivity contribution in [2.75, 3.05) is 43.1 Å². The van der Waals surface area contributed by atoms with Crippen LogP contribution in [0.1, 0.15) is 12.5 Å². The fourth-order valence-electron chi connectivity index (χ4n) is 4.07. The van der Waals surface area contributed by atoms with Gasteiger partial charge in [0.15, 0.2) is 0 Å². The molecule has 2 aromatic rings. The second kappa shape index (κ2) is 7.54. The second-order valence-electron chi connectivity index (χ2n) is 7.33. The van der Waals surface area contributed by atoms with Gasteiger partial charge < -0.3 is 19.4 Å². The van der Waals surface area contributed by atoms with Gasteiger partial charge in [-0.15, -0.1) is 0 Å². The molecule has 1 fully saturated rings. The third kappa shape index (κ3) is 3.30. The Morgan fingerprint density at radius 3 is 2.29 bits per heavy atom. The lowest BCUT2D eigenvalue weighted by Gasteiger charge is -2.36. The zero-order valence-electron chi connectivity index (χ0n) is 16.3. The van der Waals surface area contributed by atoms with Crippen molar-refractivity contribution in [3.63, 3.8) is 0 Å². The molecule has 1 atom stereocenters. The van der Waals surface area contributed by atoms with Gasteiger partial charge in [-0.2, -0.15) is 0 Å². The molecule has 2 aromatic carbocycles. The van der Waals surface area contributed by atoms with E-state index in [9.17, 15) is 9.59 Å². The van der Waals surface area contributed by atoms with Crippen molar-refractivity contribution >= 4 is 23.2 Å². The molecular weight excluding hydrogens is 354 g/mol. The number of benzene rings is 2. The Balaban J connectivity index is 1.40. The molecule has 2 aliphatic heterocycles. The predicted octanol–water partition coefficient (Wildman–Crippen LogP) is 2.32. The van der Waals surface area contributed by atoms with Gasteiger partial charge in [-0.25, -0.2) is 0 Å². The Bertz CT molecular complexity index is 873. The van der Waals surface area contributed by atoms with Crippen molar-refractivity contribution in [1.82, 2.24) is 4.90 Å². The summed E-state index contributed by atoms with van der Waals surface area (Å²) in [6.07, 6.45) is 0.792. The van der Waals surface area contributed by atoms with Crippen LogP contribution in [-0.2, 0) is 16.0 Å². The molecule has 4 rings (SSSR count). The van der Waals surface area contributed by atoms with E-state index in [4.69, 9.17) is 4.74 Å². The number of nitrogens with zero attached hydrogens (tertiary/aromatic N) is 3. The first-order valence-electron chi connectivity index (χ1n) is 9.68. The molecule has 6 nitrogen and oxygen atoms in total. The first kappa shape index (κ1) is 18.3. The molecule has 1 unspecified atom stereocenters. The van der Waals surface area contributed by atoms with E-state index < -0.39 is 11.8 Å². The first-order chi connectivity index (χ1) is 13.6. The number of fused-ring (bicyclic) bond motifs is 1. The molecule has 2 amide bonds. The number of anilines is 2. The number of ether oxygens (including phenoxy) is 1. The summed E-state index contributed by atoms with van der Waals surface area (Å²) >= 11 is 0. The summed E-state index contributed by atoms with van der Waals surface area (Å²) in [5, 5.41) is 0. The topological polar surface area (TPSA) is 53.1 Å². The smallest absolute Gasteiger partial charge is 0.316 e. The van der Waals surface area contributed by atoms with E-state index in [1.165, 1.54) is 0 Å². The number of hydrogen-bond acceptors (Lipinski definition) is 4. The summed E-state index contributed by atoms with van der Waals surface area (Å²) in [5.74, 6) is -0.00328. The number of carbonyl (C=O) groups is 2. The summed E-state index contributed by atoms with van der Waals surface area (Å²) in [6, 6.07) is 15.7. The average Bonchev–Trinajstić information content (AvgIpc) is 3.08. The van der Waals surface area contributed by atoms with Gasteiger partial charge in [-0.3, -0.25) is 9.59 Å². The van der Waals surface area contributed by atoms with Gasteiger partial charge >= 0.3 is 11.8 Å². The first-order valence-corrected chi connectivity index (χ1v) is 9.68. The number of carbonyl (C=O) groups excluding carboxylic acids is 2. The summed E-state index contributed by atoms with van der Waals surface area (Å²) in [4.78, 5) is 31.4. The fraction of sp³-hybridized carbons (Fsp3) is 0.364. The van der Waals surface area contributed by atoms with Crippen LogP contribution in [0, 0.1) is 0 Å². The Kier molecular flexibility index (Phi) is 4.94. The van der Waals surface area contributed by atoms with E-state index in [2.05, 4.69) is 4.90 Å². The van der Waals surface area contributed by atoms with Crippen LogP contribution < -0.4 is 14.5 Å². The van der Waals surface area contributed by atoms with Gasteiger partial charge in [0, 0.05) is 43.6 Å². The fourth-order valence-corrected chi connectivity index (χ4v) is 4.07. The molecule has 0 saturated carbocycles. The van der Waals surface area contributed by atoms with E-state index >= 15 is 0 Å². The molecule has 28 heavy (non-hydrogen) atoms. The standard InChI is InChI=1S/C22H25N3O3/c1-16-15-17-5-3-4-6-20(17)25(16)22(27)21(26)24-13-11-23(12-14-24)18-7-9-19(28-2)10-8-18/h3-10,16H,11-15H2,1-2H3. The zero-order valence-corrected chi connectivity index (χ0v) is 16.3. The highest BCUT2D eigenvalue weighted by Crippen LogP contribution is 2.32. The van der Waals surface area contributed by atoms with Crippen molar-refractivity contribution in [3.05, 3.63) is 54.1 Å². The van der Waals surface area contributed by atoms with Crippen LogP contribution in [0.4, 0.5) is 11.4 Å². The molecule has 0 spiro atoms. The Morgan fingerprint density at radius 1 is 0.929 bits per heavy atom. The molecular formula is C22H25N3O3. The summed E-state index contributed by atoms with van der Waals surface area (Å²) in [6.45, 7) is 4.49. The summed E-state index contributed by atoms with van der Waals surface area (Å²) in [7, 11) is 1.65. The lowest BCUT2D eigenvalue weighted by molar-refractivity contribution is -0.144. The number of amides is 2. The van der Waals surface area contributed by atoms with Crippen LogP contribution in [-0.4, -0.2) is 56.0 Å². The molecule has 1 saturated heterocycles. The number of methoxy groups -OCH3 is 1. The normalized spacial score (nSPS) is 18.8. The van der Waals surface area contributed by atoms with Gasteiger partial charge in [-0.1, -0.05) is 18.2 Å².